The van der Waals surface area contributed by atoms with Crippen LogP contribution in [0.1, 0.15) is 11.1 Å². The number of nitriles is 2. The van der Waals surface area contributed by atoms with Crippen LogP contribution >= 0.6 is 0 Å². The number of benzene rings is 1. The van der Waals surface area contributed by atoms with Gasteiger partial charge in [-0.25, -0.2) is 13.2 Å². The Bertz CT molecular complexity index is 440. The highest BCUT2D eigenvalue weighted by atomic mass is 19.2. The molecule has 13 heavy (non-hydrogen) atoms. The number of nitrogens with zero attached hydrogens (tertiary/aromatic N) is 2. The molecule has 5 heteroatoms. The summed E-state index contributed by atoms with van der Waals surface area (Å²) in [6, 6.07) is 2.73. The summed E-state index contributed by atoms with van der Waals surface area (Å²) in [5, 5.41) is 16.6. The van der Waals surface area contributed by atoms with Gasteiger partial charge in [0.2, 0.25) is 0 Å². The van der Waals surface area contributed by atoms with Crippen molar-refractivity contribution in [2.24, 2.45) is 0 Å². The maximum absolute atomic E-state index is 12.7. The maximum Gasteiger partial charge on any atom is 0.178 e. The second-order valence-electron chi connectivity index (χ2n) is 2.13. The predicted molar refractivity (Wildman–Crippen MR) is 35.7 cm³/mol. The van der Waals surface area contributed by atoms with Crippen LogP contribution in [0.15, 0.2) is 6.07 Å². The van der Waals surface area contributed by atoms with Gasteiger partial charge in [-0.15, -0.1) is 0 Å². The molecule has 1 aromatic rings. The van der Waals surface area contributed by atoms with Crippen LogP contribution in [0.3, 0.4) is 0 Å². The summed E-state index contributed by atoms with van der Waals surface area (Å²) in [7, 11) is 0. The average molecular weight is 182 g/mol. The third-order valence-corrected chi connectivity index (χ3v) is 1.40. The Hall–Kier alpha value is -2.01. The lowest BCUT2D eigenvalue weighted by Crippen LogP contribution is -1.98. The Kier molecular flexibility index (Phi) is 2.21. The summed E-state index contributed by atoms with van der Waals surface area (Å²) in [5.41, 5.74) is -1.68. The Labute approximate surface area is 71.4 Å². The van der Waals surface area contributed by atoms with Crippen molar-refractivity contribution in [3.63, 3.8) is 0 Å². The molecule has 0 aliphatic carbocycles. The van der Waals surface area contributed by atoms with Crippen molar-refractivity contribution >= 4 is 0 Å². The fraction of sp³-hybridized carbons (Fsp3) is 0. The summed E-state index contributed by atoms with van der Waals surface area (Å²) in [6.45, 7) is 0. The molecule has 0 heterocycles. The van der Waals surface area contributed by atoms with Crippen LogP contribution < -0.4 is 0 Å². The van der Waals surface area contributed by atoms with E-state index >= 15 is 0 Å². The van der Waals surface area contributed by atoms with Crippen molar-refractivity contribution in [1.29, 1.82) is 10.5 Å². The number of halogens is 3. The van der Waals surface area contributed by atoms with Crippen molar-refractivity contribution in [3.05, 3.63) is 34.6 Å². The molecular weight excluding hydrogens is 181 g/mol. The summed E-state index contributed by atoms with van der Waals surface area (Å²) in [5.74, 6) is -4.22. The third-order valence-electron chi connectivity index (χ3n) is 1.40. The van der Waals surface area contributed by atoms with E-state index in [0.29, 0.717) is 0 Å². The quantitative estimate of drug-likeness (QED) is 0.574. The smallest absolute Gasteiger partial charge is 0.178 e. The summed E-state index contributed by atoms with van der Waals surface area (Å²) >= 11 is 0. The van der Waals surface area contributed by atoms with E-state index in [4.69, 9.17) is 10.5 Å². The lowest BCUT2D eigenvalue weighted by Gasteiger charge is -1.98. The zero-order valence-electron chi connectivity index (χ0n) is 6.11. The van der Waals surface area contributed by atoms with Crippen LogP contribution in [-0.4, -0.2) is 0 Å². The van der Waals surface area contributed by atoms with E-state index in [-0.39, 0.29) is 6.07 Å². The molecule has 0 fully saturated rings. The van der Waals surface area contributed by atoms with Crippen LogP contribution in [0.4, 0.5) is 13.2 Å². The van der Waals surface area contributed by atoms with Crippen LogP contribution in [0.25, 0.3) is 0 Å². The Morgan fingerprint density at radius 3 is 1.92 bits per heavy atom. The van der Waals surface area contributed by atoms with E-state index in [2.05, 4.69) is 0 Å². The highest BCUT2D eigenvalue weighted by molar-refractivity contribution is 5.47. The second-order valence-corrected chi connectivity index (χ2v) is 2.13. The molecule has 0 saturated heterocycles. The number of rotatable bonds is 0. The summed E-state index contributed by atoms with van der Waals surface area (Å²) in [6.07, 6.45) is 0. The largest absolute Gasteiger partial charge is 0.205 e. The van der Waals surface area contributed by atoms with Crippen LogP contribution in [-0.2, 0) is 0 Å². The second kappa shape index (κ2) is 3.16. The highest BCUT2D eigenvalue weighted by Crippen LogP contribution is 2.18. The zero-order chi connectivity index (χ0) is 10.0. The van der Waals surface area contributed by atoms with Gasteiger partial charge in [0, 0.05) is 6.07 Å². The number of hydrogen-bond acceptors (Lipinski definition) is 2. The lowest BCUT2D eigenvalue weighted by molar-refractivity contribution is 0.491. The molecule has 0 amide bonds. The molecule has 0 aliphatic rings. The van der Waals surface area contributed by atoms with E-state index in [9.17, 15) is 13.2 Å². The molecule has 0 N–H and O–H groups in total. The summed E-state index contributed by atoms with van der Waals surface area (Å²) < 4.78 is 37.9. The maximum atomic E-state index is 12.7. The van der Waals surface area contributed by atoms with Gasteiger partial charge in [0.25, 0.3) is 0 Å². The SMILES string of the molecule is N#Cc1c(F)cc(F)c(F)c1C#N. The molecule has 0 saturated carbocycles. The molecule has 0 bridgehead atoms. The van der Waals surface area contributed by atoms with Gasteiger partial charge in [0.1, 0.15) is 29.1 Å². The fourth-order valence-corrected chi connectivity index (χ4v) is 0.810. The van der Waals surface area contributed by atoms with Gasteiger partial charge in [0.15, 0.2) is 11.6 Å². The minimum Gasteiger partial charge on any atom is -0.205 e. The van der Waals surface area contributed by atoms with Gasteiger partial charge < -0.3 is 0 Å². The van der Waals surface area contributed by atoms with Crippen LogP contribution in [0.2, 0.25) is 0 Å². The Morgan fingerprint density at radius 1 is 0.923 bits per heavy atom. The molecule has 0 spiro atoms. The van der Waals surface area contributed by atoms with E-state index in [0.717, 1.165) is 0 Å². The summed E-state index contributed by atoms with van der Waals surface area (Å²) in [4.78, 5) is 0. The van der Waals surface area contributed by atoms with Crippen molar-refractivity contribution in [1.82, 2.24) is 0 Å². The Balaban J connectivity index is 3.66. The molecule has 2 nitrogen and oxygen atoms in total. The van der Waals surface area contributed by atoms with Gasteiger partial charge in [-0.2, -0.15) is 10.5 Å². The molecule has 0 aliphatic heterocycles. The molecule has 0 atom stereocenters. The lowest BCUT2D eigenvalue weighted by atomic mass is 10.1. The average Bonchev–Trinajstić information content (AvgIpc) is 2.10. The zero-order valence-corrected chi connectivity index (χ0v) is 6.11. The van der Waals surface area contributed by atoms with E-state index in [1.165, 1.54) is 12.1 Å². The highest BCUT2D eigenvalue weighted by Gasteiger charge is 2.17. The molecule has 1 aromatic carbocycles. The van der Waals surface area contributed by atoms with E-state index in [1.54, 1.807) is 0 Å². The van der Waals surface area contributed by atoms with Crippen molar-refractivity contribution < 1.29 is 13.2 Å². The molecule has 0 radical (unpaired) electrons. The number of hydrogen-bond donors (Lipinski definition) is 0. The van der Waals surface area contributed by atoms with Gasteiger partial charge in [0.05, 0.1) is 0 Å². The molecule has 0 unspecified atom stereocenters. The first-order chi connectivity index (χ1) is 6.11. The van der Waals surface area contributed by atoms with E-state index in [1.807, 2.05) is 0 Å². The normalized spacial score (nSPS) is 9.00. The molecule has 0 aromatic heterocycles. The monoisotopic (exact) mass is 182 g/mol. The van der Waals surface area contributed by atoms with E-state index < -0.39 is 28.6 Å². The first kappa shape index (κ1) is 9.08. The minimum absolute atomic E-state index is 0.231. The standard InChI is InChI=1S/C8HF3N2/c9-6-1-7(10)8(11)5(3-13)4(6)2-12/h1H. The van der Waals surface area contributed by atoms with Crippen molar-refractivity contribution in [2.45, 2.75) is 0 Å². The van der Waals surface area contributed by atoms with Crippen LogP contribution in [0, 0.1) is 40.1 Å². The Morgan fingerprint density at radius 2 is 1.46 bits per heavy atom. The minimum atomic E-state index is -1.50. The van der Waals surface area contributed by atoms with Crippen molar-refractivity contribution in [3.8, 4) is 12.1 Å². The van der Waals surface area contributed by atoms with Gasteiger partial charge in [-0.05, 0) is 0 Å². The van der Waals surface area contributed by atoms with Crippen LogP contribution in [0.5, 0.6) is 0 Å². The molecule has 64 valence electrons. The fourth-order valence-electron chi connectivity index (χ4n) is 0.810. The van der Waals surface area contributed by atoms with Gasteiger partial charge in [-0.3, -0.25) is 0 Å². The first-order valence-electron chi connectivity index (χ1n) is 3.09. The molecular formula is C8HF3N2. The van der Waals surface area contributed by atoms with Gasteiger partial charge in [-0.1, -0.05) is 0 Å². The van der Waals surface area contributed by atoms with Crippen molar-refractivity contribution in [2.75, 3.05) is 0 Å². The van der Waals surface area contributed by atoms with Gasteiger partial charge >= 0.3 is 0 Å². The first-order valence-corrected chi connectivity index (χ1v) is 3.09. The third kappa shape index (κ3) is 1.32. The molecule has 1 rings (SSSR count). The predicted octanol–water partition coefficient (Wildman–Crippen LogP) is 1.85. The topological polar surface area (TPSA) is 47.6 Å².